The molecule has 0 spiro atoms. The molecule has 2 nitrogen and oxygen atoms in total. The van der Waals surface area contributed by atoms with Gasteiger partial charge in [-0.2, -0.15) is 0 Å². The fraction of sp³-hybridized carbons (Fsp3) is 0.385. The van der Waals surface area contributed by atoms with Crippen molar-refractivity contribution in [3.8, 4) is 5.75 Å². The van der Waals surface area contributed by atoms with Gasteiger partial charge >= 0.3 is 0 Å². The molecule has 15 heavy (non-hydrogen) atoms. The average molecular weight is 205 g/mol. The van der Waals surface area contributed by atoms with E-state index in [0.29, 0.717) is 12.6 Å². The van der Waals surface area contributed by atoms with E-state index in [1.807, 2.05) is 31.2 Å². The Bertz CT molecular complexity index is 331. The van der Waals surface area contributed by atoms with Crippen molar-refractivity contribution in [2.45, 2.75) is 26.8 Å². The largest absolute Gasteiger partial charge is 0.487 e. The summed E-state index contributed by atoms with van der Waals surface area (Å²) in [5, 5.41) is 3.21. The van der Waals surface area contributed by atoms with Crippen molar-refractivity contribution in [1.29, 1.82) is 0 Å². The quantitative estimate of drug-likeness (QED) is 0.798. The van der Waals surface area contributed by atoms with Crippen molar-refractivity contribution in [2.24, 2.45) is 0 Å². The number of ether oxygens (including phenoxy) is 1. The lowest BCUT2D eigenvalue weighted by molar-refractivity contribution is 0.339. The Labute approximate surface area is 92.0 Å². The van der Waals surface area contributed by atoms with Crippen LogP contribution in [0.5, 0.6) is 5.75 Å². The van der Waals surface area contributed by atoms with E-state index >= 15 is 0 Å². The lowest BCUT2D eigenvalue weighted by Gasteiger charge is -2.13. The molecule has 0 radical (unpaired) electrons. The van der Waals surface area contributed by atoms with Crippen LogP contribution < -0.4 is 10.1 Å². The maximum Gasteiger partial charge on any atom is 0.127 e. The zero-order chi connectivity index (χ0) is 11.3. The van der Waals surface area contributed by atoms with Crippen LogP contribution in [0.2, 0.25) is 0 Å². The van der Waals surface area contributed by atoms with Crippen LogP contribution in [0.25, 0.3) is 0 Å². The Balaban J connectivity index is 2.40. The lowest BCUT2D eigenvalue weighted by Crippen LogP contribution is -2.24. The average Bonchev–Trinajstić information content (AvgIpc) is 2.14. The fourth-order valence-electron chi connectivity index (χ4n) is 1.33. The molecule has 0 atom stereocenters. The van der Waals surface area contributed by atoms with E-state index < -0.39 is 0 Å². The molecule has 1 rings (SSSR count). The SMILES string of the molecule is C=C(COc1cccc(C)c1)NC(C)C. The van der Waals surface area contributed by atoms with Gasteiger partial charge in [-0.15, -0.1) is 0 Å². The third kappa shape index (κ3) is 4.54. The smallest absolute Gasteiger partial charge is 0.127 e. The van der Waals surface area contributed by atoms with Crippen LogP contribution >= 0.6 is 0 Å². The molecule has 0 saturated heterocycles. The van der Waals surface area contributed by atoms with E-state index in [1.54, 1.807) is 0 Å². The van der Waals surface area contributed by atoms with Crippen molar-refractivity contribution in [1.82, 2.24) is 5.32 Å². The van der Waals surface area contributed by atoms with Gasteiger partial charge in [-0.1, -0.05) is 18.7 Å². The molecule has 0 aromatic heterocycles. The molecular formula is C13H19NO. The first kappa shape index (κ1) is 11.6. The standard InChI is InChI=1S/C13H19NO/c1-10(2)14-12(4)9-15-13-7-5-6-11(3)8-13/h5-8,10,14H,4,9H2,1-3H3. The van der Waals surface area contributed by atoms with Crippen molar-refractivity contribution in [3.63, 3.8) is 0 Å². The number of benzene rings is 1. The van der Waals surface area contributed by atoms with Crippen molar-refractivity contribution < 1.29 is 4.74 Å². The van der Waals surface area contributed by atoms with E-state index in [1.165, 1.54) is 5.56 Å². The van der Waals surface area contributed by atoms with Crippen LogP contribution in [0, 0.1) is 6.92 Å². The highest BCUT2D eigenvalue weighted by molar-refractivity contribution is 5.27. The monoisotopic (exact) mass is 205 g/mol. The summed E-state index contributed by atoms with van der Waals surface area (Å²) in [6.07, 6.45) is 0. The van der Waals surface area contributed by atoms with Crippen LogP contribution in [0.15, 0.2) is 36.5 Å². The highest BCUT2D eigenvalue weighted by Crippen LogP contribution is 2.12. The van der Waals surface area contributed by atoms with Gasteiger partial charge in [0, 0.05) is 11.7 Å². The second-order valence-electron chi connectivity index (χ2n) is 4.01. The van der Waals surface area contributed by atoms with Crippen molar-refractivity contribution in [3.05, 3.63) is 42.1 Å². The molecule has 0 fully saturated rings. The van der Waals surface area contributed by atoms with Gasteiger partial charge in [0.05, 0.1) is 0 Å². The summed E-state index contributed by atoms with van der Waals surface area (Å²) in [7, 11) is 0. The van der Waals surface area contributed by atoms with Gasteiger partial charge in [0.1, 0.15) is 12.4 Å². The highest BCUT2D eigenvalue weighted by atomic mass is 16.5. The number of rotatable bonds is 5. The second kappa shape index (κ2) is 5.44. The van der Waals surface area contributed by atoms with Gasteiger partial charge in [-0.25, -0.2) is 0 Å². The van der Waals surface area contributed by atoms with Crippen molar-refractivity contribution in [2.75, 3.05) is 6.61 Å². The van der Waals surface area contributed by atoms with E-state index in [-0.39, 0.29) is 0 Å². The van der Waals surface area contributed by atoms with Crippen molar-refractivity contribution >= 4 is 0 Å². The minimum atomic E-state index is 0.401. The molecule has 0 bridgehead atoms. The summed E-state index contributed by atoms with van der Waals surface area (Å²) in [6, 6.07) is 8.41. The number of nitrogens with one attached hydrogen (secondary N) is 1. The van der Waals surface area contributed by atoms with E-state index in [2.05, 4.69) is 25.7 Å². The Hall–Kier alpha value is -1.44. The van der Waals surface area contributed by atoms with Crippen LogP contribution in [0.3, 0.4) is 0 Å². The van der Waals surface area contributed by atoms with Gasteiger partial charge in [0.15, 0.2) is 0 Å². The molecule has 0 heterocycles. The Kier molecular flexibility index (Phi) is 4.22. The summed E-state index contributed by atoms with van der Waals surface area (Å²) in [5.74, 6) is 0.890. The van der Waals surface area contributed by atoms with Gasteiger partial charge in [-0.05, 0) is 38.5 Å². The van der Waals surface area contributed by atoms with Crippen LogP contribution in [0.4, 0.5) is 0 Å². The maximum atomic E-state index is 5.59. The molecule has 0 saturated carbocycles. The Morgan fingerprint density at radius 3 is 2.80 bits per heavy atom. The molecule has 2 heteroatoms. The minimum absolute atomic E-state index is 0.401. The topological polar surface area (TPSA) is 21.3 Å². The van der Waals surface area contributed by atoms with E-state index in [9.17, 15) is 0 Å². The molecule has 0 aliphatic heterocycles. The predicted octanol–water partition coefficient (Wildman–Crippen LogP) is 2.89. The zero-order valence-corrected chi connectivity index (χ0v) is 9.71. The first-order chi connectivity index (χ1) is 7.08. The van der Waals surface area contributed by atoms with Crippen LogP contribution in [-0.2, 0) is 0 Å². The second-order valence-corrected chi connectivity index (χ2v) is 4.01. The molecular weight excluding hydrogens is 186 g/mol. The van der Waals surface area contributed by atoms with E-state index in [0.717, 1.165) is 11.4 Å². The fourth-order valence-corrected chi connectivity index (χ4v) is 1.33. The normalized spacial score (nSPS) is 10.1. The number of hydrogen-bond donors (Lipinski definition) is 1. The summed E-state index contributed by atoms with van der Waals surface area (Å²) < 4.78 is 5.59. The lowest BCUT2D eigenvalue weighted by atomic mass is 10.2. The third-order valence-corrected chi connectivity index (χ3v) is 1.90. The molecule has 0 amide bonds. The van der Waals surface area contributed by atoms with E-state index in [4.69, 9.17) is 4.74 Å². The molecule has 1 aromatic carbocycles. The first-order valence-electron chi connectivity index (χ1n) is 5.21. The Morgan fingerprint density at radius 2 is 2.20 bits per heavy atom. The molecule has 82 valence electrons. The van der Waals surface area contributed by atoms with Gasteiger partial charge in [0.2, 0.25) is 0 Å². The maximum absolute atomic E-state index is 5.59. The summed E-state index contributed by atoms with van der Waals surface area (Å²) >= 11 is 0. The molecule has 0 aliphatic rings. The number of hydrogen-bond acceptors (Lipinski definition) is 2. The molecule has 0 unspecified atom stereocenters. The predicted molar refractivity (Wildman–Crippen MR) is 64.1 cm³/mol. The minimum Gasteiger partial charge on any atom is -0.487 e. The summed E-state index contributed by atoms with van der Waals surface area (Å²) in [6.45, 7) is 10.6. The van der Waals surface area contributed by atoms with Crippen LogP contribution in [0.1, 0.15) is 19.4 Å². The van der Waals surface area contributed by atoms with Gasteiger partial charge in [0.25, 0.3) is 0 Å². The molecule has 1 aromatic rings. The molecule has 0 aliphatic carbocycles. The first-order valence-corrected chi connectivity index (χ1v) is 5.21. The zero-order valence-electron chi connectivity index (χ0n) is 9.71. The molecule has 1 N–H and O–H groups in total. The summed E-state index contributed by atoms with van der Waals surface area (Å²) in [5.41, 5.74) is 2.11. The third-order valence-electron chi connectivity index (χ3n) is 1.90. The summed E-state index contributed by atoms with van der Waals surface area (Å²) in [4.78, 5) is 0. The van der Waals surface area contributed by atoms with Crippen LogP contribution in [-0.4, -0.2) is 12.6 Å². The number of aryl methyl sites for hydroxylation is 1. The Morgan fingerprint density at radius 1 is 1.47 bits per heavy atom. The van der Waals surface area contributed by atoms with Gasteiger partial charge < -0.3 is 10.1 Å². The van der Waals surface area contributed by atoms with Gasteiger partial charge in [-0.3, -0.25) is 0 Å². The highest BCUT2D eigenvalue weighted by Gasteiger charge is 1.98.